The number of carbonyl (C=O) groups is 1. The average molecular weight is 258 g/mol. The van der Waals surface area contributed by atoms with Crippen LogP contribution < -0.4 is 5.32 Å². The number of hydrogen-bond donors (Lipinski definition) is 1. The molecule has 2 heterocycles. The van der Waals surface area contributed by atoms with Gasteiger partial charge in [0.15, 0.2) is 0 Å². The minimum absolute atomic E-state index is 0.184. The summed E-state index contributed by atoms with van der Waals surface area (Å²) in [5.74, 6) is 0. The van der Waals surface area contributed by atoms with Crippen LogP contribution in [0.4, 0.5) is 4.79 Å². The van der Waals surface area contributed by atoms with Crippen LogP contribution in [-0.2, 0) is 4.74 Å². The number of azide groups is 1. The maximum absolute atomic E-state index is 11.2. The summed E-state index contributed by atoms with van der Waals surface area (Å²) >= 11 is 0. The number of hydrogen-bond acceptors (Lipinski definition) is 4. The molecule has 0 unspecified atom stereocenters. The molecule has 1 N–H and O–H groups in total. The smallest absolute Gasteiger partial charge is 0.407 e. The van der Waals surface area contributed by atoms with Crippen molar-refractivity contribution >= 4 is 6.09 Å². The fraction of sp³-hybridized carbons (Fsp3) is 0.455. The lowest BCUT2D eigenvalue weighted by Gasteiger charge is -2.20. The summed E-state index contributed by atoms with van der Waals surface area (Å²) in [4.78, 5) is 14.0. The standard InChI is InChI=1S/C11H10N6O2/c12-5-6-2-1-3-17(6)7-4-8-10(9(7)15-16-13)14-11(18)19-8/h1-3,7-10H,4H2,(H,14,18)/t7-,8-,9-,10-/m1/s1. The van der Waals surface area contributed by atoms with Crippen LogP contribution in [0.1, 0.15) is 18.2 Å². The Morgan fingerprint density at radius 3 is 3.26 bits per heavy atom. The Balaban J connectivity index is 1.97. The molecule has 1 aliphatic carbocycles. The van der Waals surface area contributed by atoms with Crippen molar-refractivity contribution in [2.24, 2.45) is 5.11 Å². The van der Waals surface area contributed by atoms with Crippen molar-refractivity contribution in [3.8, 4) is 6.07 Å². The second-order valence-corrected chi connectivity index (χ2v) is 4.52. The van der Waals surface area contributed by atoms with Gasteiger partial charge in [0.1, 0.15) is 17.9 Å². The normalized spacial score (nSPS) is 31.8. The number of amides is 1. The summed E-state index contributed by atoms with van der Waals surface area (Å²) in [7, 11) is 0. The molecule has 8 heteroatoms. The lowest BCUT2D eigenvalue weighted by molar-refractivity contribution is 0.134. The van der Waals surface area contributed by atoms with Crippen molar-refractivity contribution < 1.29 is 9.53 Å². The van der Waals surface area contributed by atoms with E-state index in [2.05, 4.69) is 21.4 Å². The Morgan fingerprint density at radius 1 is 1.68 bits per heavy atom. The maximum atomic E-state index is 11.2. The third-order valence-corrected chi connectivity index (χ3v) is 3.62. The van der Waals surface area contributed by atoms with Crippen molar-refractivity contribution in [2.45, 2.75) is 30.7 Å². The Kier molecular flexibility index (Phi) is 2.54. The second-order valence-electron chi connectivity index (χ2n) is 4.52. The summed E-state index contributed by atoms with van der Waals surface area (Å²) in [6, 6.07) is 4.58. The molecule has 0 bridgehead atoms. The van der Waals surface area contributed by atoms with Gasteiger partial charge in [-0.1, -0.05) is 5.11 Å². The fourth-order valence-corrected chi connectivity index (χ4v) is 2.85. The minimum atomic E-state index is -0.486. The molecule has 2 fully saturated rings. The second kappa shape index (κ2) is 4.23. The lowest BCUT2D eigenvalue weighted by atomic mass is 10.1. The predicted molar refractivity (Wildman–Crippen MR) is 62.9 cm³/mol. The number of aromatic nitrogens is 1. The number of carbonyl (C=O) groups excluding carboxylic acids is 1. The number of nitrogens with zero attached hydrogens (tertiary/aromatic N) is 5. The van der Waals surface area contributed by atoms with Crippen LogP contribution in [0.5, 0.6) is 0 Å². The maximum Gasteiger partial charge on any atom is 0.407 e. The molecule has 0 radical (unpaired) electrons. The van der Waals surface area contributed by atoms with Gasteiger partial charge in [-0.2, -0.15) is 5.26 Å². The molecule has 8 nitrogen and oxygen atoms in total. The third kappa shape index (κ3) is 1.68. The van der Waals surface area contributed by atoms with Gasteiger partial charge in [0.25, 0.3) is 0 Å². The van der Waals surface area contributed by atoms with E-state index in [1.807, 2.05) is 0 Å². The molecule has 3 rings (SSSR count). The van der Waals surface area contributed by atoms with Crippen LogP contribution in [0.2, 0.25) is 0 Å². The molecule has 2 aliphatic rings. The van der Waals surface area contributed by atoms with E-state index in [-0.39, 0.29) is 18.2 Å². The number of rotatable bonds is 2. The highest BCUT2D eigenvalue weighted by atomic mass is 16.6. The zero-order valence-electron chi connectivity index (χ0n) is 9.80. The highest BCUT2D eigenvalue weighted by Crippen LogP contribution is 2.38. The van der Waals surface area contributed by atoms with E-state index >= 15 is 0 Å². The molecule has 0 spiro atoms. The topological polar surface area (TPSA) is 116 Å². The van der Waals surface area contributed by atoms with Crippen molar-refractivity contribution in [3.05, 3.63) is 34.5 Å². The van der Waals surface area contributed by atoms with Crippen molar-refractivity contribution in [2.75, 3.05) is 0 Å². The van der Waals surface area contributed by atoms with Gasteiger partial charge >= 0.3 is 6.09 Å². The summed E-state index contributed by atoms with van der Waals surface area (Å²) in [6.07, 6.45) is 1.49. The molecule has 1 amide bonds. The largest absolute Gasteiger partial charge is 0.444 e. The van der Waals surface area contributed by atoms with Crippen LogP contribution in [0.15, 0.2) is 23.4 Å². The molecule has 1 saturated heterocycles. The molecule has 19 heavy (non-hydrogen) atoms. The monoisotopic (exact) mass is 258 g/mol. The number of alkyl carbamates (subject to hydrolysis) is 1. The zero-order valence-corrected chi connectivity index (χ0v) is 9.80. The van der Waals surface area contributed by atoms with E-state index < -0.39 is 12.1 Å². The van der Waals surface area contributed by atoms with E-state index in [4.69, 9.17) is 15.5 Å². The number of nitrogens with one attached hydrogen (secondary N) is 1. The number of fused-ring (bicyclic) bond motifs is 1. The summed E-state index contributed by atoms with van der Waals surface area (Å²) in [5.41, 5.74) is 9.18. The van der Waals surface area contributed by atoms with Gasteiger partial charge in [-0.3, -0.25) is 0 Å². The van der Waals surface area contributed by atoms with Crippen molar-refractivity contribution in [1.29, 1.82) is 5.26 Å². The minimum Gasteiger partial charge on any atom is -0.444 e. The van der Waals surface area contributed by atoms with Gasteiger partial charge in [-0.05, 0) is 17.7 Å². The Bertz CT molecular complexity index is 611. The van der Waals surface area contributed by atoms with Crippen LogP contribution in [0.3, 0.4) is 0 Å². The first-order valence-corrected chi connectivity index (χ1v) is 5.83. The Labute approximate surface area is 108 Å². The molecule has 1 aromatic heterocycles. The molecule has 4 atom stereocenters. The van der Waals surface area contributed by atoms with Gasteiger partial charge in [0.2, 0.25) is 0 Å². The summed E-state index contributed by atoms with van der Waals surface area (Å²) in [5, 5.41) is 15.5. The molecule has 1 saturated carbocycles. The highest BCUT2D eigenvalue weighted by Gasteiger charge is 2.50. The summed E-state index contributed by atoms with van der Waals surface area (Å²) in [6.45, 7) is 0. The van der Waals surface area contributed by atoms with E-state index in [1.54, 1.807) is 22.9 Å². The highest BCUT2D eigenvalue weighted by molar-refractivity contribution is 5.70. The van der Waals surface area contributed by atoms with Crippen LogP contribution >= 0.6 is 0 Å². The number of nitriles is 1. The molecule has 96 valence electrons. The van der Waals surface area contributed by atoms with Gasteiger partial charge in [-0.25, -0.2) is 4.79 Å². The van der Waals surface area contributed by atoms with Crippen LogP contribution in [0, 0.1) is 11.3 Å². The predicted octanol–water partition coefficient (Wildman–Crippen LogP) is 1.46. The van der Waals surface area contributed by atoms with E-state index in [1.165, 1.54) is 0 Å². The van der Waals surface area contributed by atoms with Gasteiger partial charge in [0.05, 0.1) is 12.1 Å². The molecule has 1 aliphatic heterocycles. The molecular weight excluding hydrogens is 248 g/mol. The first kappa shape index (κ1) is 11.4. The van der Waals surface area contributed by atoms with Gasteiger partial charge in [0, 0.05) is 23.6 Å². The molecule has 0 aromatic carbocycles. The quantitative estimate of drug-likeness (QED) is 0.491. The zero-order chi connectivity index (χ0) is 13.4. The Hall–Kier alpha value is -2.65. The number of ether oxygens (including phenoxy) is 1. The van der Waals surface area contributed by atoms with Gasteiger partial charge in [-0.15, -0.1) is 0 Å². The van der Waals surface area contributed by atoms with E-state index in [0.29, 0.717) is 12.1 Å². The third-order valence-electron chi connectivity index (χ3n) is 3.62. The Morgan fingerprint density at radius 2 is 2.53 bits per heavy atom. The SMILES string of the molecule is N#Cc1cccn1[C@@H]1C[C@H]2OC(=O)N[C@H]2[C@@H]1N=[N+]=[N-]. The first-order valence-electron chi connectivity index (χ1n) is 5.83. The van der Waals surface area contributed by atoms with Crippen LogP contribution in [-0.4, -0.2) is 28.8 Å². The summed E-state index contributed by atoms with van der Waals surface area (Å²) < 4.78 is 6.91. The van der Waals surface area contributed by atoms with Crippen LogP contribution in [0.25, 0.3) is 10.4 Å². The lowest BCUT2D eigenvalue weighted by Crippen LogP contribution is -2.38. The fourth-order valence-electron chi connectivity index (χ4n) is 2.85. The van der Waals surface area contributed by atoms with E-state index in [9.17, 15) is 4.79 Å². The first-order chi connectivity index (χ1) is 9.24. The van der Waals surface area contributed by atoms with Crippen molar-refractivity contribution in [1.82, 2.24) is 9.88 Å². The van der Waals surface area contributed by atoms with Crippen molar-refractivity contribution in [3.63, 3.8) is 0 Å². The van der Waals surface area contributed by atoms with Gasteiger partial charge < -0.3 is 14.6 Å². The molecule has 1 aromatic rings. The average Bonchev–Trinajstić information content (AvgIpc) is 3.04. The molecular formula is C11H10N6O2. The van der Waals surface area contributed by atoms with E-state index in [0.717, 1.165) is 0 Å².